The van der Waals surface area contributed by atoms with Crippen molar-refractivity contribution in [3.8, 4) is 0 Å². The first kappa shape index (κ1) is 41.7. The fourth-order valence-electron chi connectivity index (χ4n) is 5.80. The Balaban J connectivity index is 3.18. The van der Waals surface area contributed by atoms with Crippen LogP contribution < -0.4 is 0 Å². The fraction of sp³-hybridized carbons (Fsp3) is 0.897. The highest BCUT2D eigenvalue weighted by Crippen LogP contribution is 2.15. The van der Waals surface area contributed by atoms with Gasteiger partial charge in [-0.05, 0) is 44.9 Å². The van der Waals surface area contributed by atoms with Crippen LogP contribution in [-0.4, -0.2) is 23.7 Å². The highest BCUT2D eigenvalue weighted by Gasteiger charge is 2.03. The molecule has 0 aliphatic carbocycles. The smallest absolute Gasteiger partial charge is 0.305 e. The van der Waals surface area contributed by atoms with Crippen molar-refractivity contribution in [2.75, 3.05) is 6.61 Å². The number of carboxylic acid groups (broad SMARTS) is 1. The molecular formula is C39H74O4. The van der Waals surface area contributed by atoms with Gasteiger partial charge in [0.25, 0.3) is 0 Å². The van der Waals surface area contributed by atoms with Crippen molar-refractivity contribution in [1.82, 2.24) is 0 Å². The highest BCUT2D eigenvalue weighted by molar-refractivity contribution is 5.69. The van der Waals surface area contributed by atoms with Gasteiger partial charge in [-0.2, -0.15) is 0 Å². The van der Waals surface area contributed by atoms with Gasteiger partial charge >= 0.3 is 11.9 Å². The minimum absolute atomic E-state index is 0.00240. The number of ether oxygens (including phenoxy) is 1. The van der Waals surface area contributed by atoms with Crippen molar-refractivity contribution in [2.45, 2.75) is 219 Å². The number of allylic oxidation sites excluding steroid dienone is 2. The number of hydrogen-bond acceptors (Lipinski definition) is 3. The molecule has 0 spiro atoms. The predicted molar refractivity (Wildman–Crippen MR) is 186 cm³/mol. The molecule has 0 unspecified atom stereocenters. The first-order chi connectivity index (χ1) is 21.2. The molecule has 0 fully saturated rings. The summed E-state index contributed by atoms with van der Waals surface area (Å²) in [6.45, 7) is 2.88. The van der Waals surface area contributed by atoms with E-state index in [2.05, 4.69) is 19.1 Å². The first-order valence-electron chi connectivity index (χ1n) is 19.2. The number of carbonyl (C=O) groups is 2. The van der Waals surface area contributed by atoms with Gasteiger partial charge in [0.05, 0.1) is 6.61 Å². The standard InChI is InChI=1S/C39H74O4/c1-2-3-4-5-6-7-8-9-14-18-21-24-27-30-33-36-39(42)43-37-34-31-28-25-22-19-16-13-11-10-12-15-17-20-23-26-29-32-35-38(40)41/h9,14H,2-8,10-13,15-37H2,1H3,(H,40,41)/b14-9-. The van der Waals surface area contributed by atoms with Crippen LogP contribution in [-0.2, 0) is 14.3 Å². The van der Waals surface area contributed by atoms with Crippen molar-refractivity contribution >= 4 is 11.9 Å². The van der Waals surface area contributed by atoms with Gasteiger partial charge in [-0.15, -0.1) is 0 Å². The molecule has 0 amide bonds. The lowest BCUT2D eigenvalue weighted by Gasteiger charge is -2.06. The summed E-state index contributed by atoms with van der Waals surface area (Å²) >= 11 is 0. The monoisotopic (exact) mass is 607 g/mol. The van der Waals surface area contributed by atoms with Crippen LogP contribution in [0.1, 0.15) is 219 Å². The topological polar surface area (TPSA) is 63.6 Å². The van der Waals surface area contributed by atoms with Gasteiger partial charge in [0.2, 0.25) is 0 Å². The lowest BCUT2D eigenvalue weighted by molar-refractivity contribution is -0.144. The van der Waals surface area contributed by atoms with E-state index in [9.17, 15) is 9.59 Å². The summed E-state index contributed by atoms with van der Waals surface area (Å²) in [4.78, 5) is 22.4. The van der Waals surface area contributed by atoms with E-state index in [0.29, 0.717) is 19.4 Å². The number of carboxylic acids is 1. The third-order valence-corrected chi connectivity index (χ3v) is 8.69. The normalized spacial score (nSPS) is 11.5. The number of carbonyl (C=O) groups excluding carboxylic acids is 1. The second kappa shape index (κ2) is 36.9. The van der Waals surface area contributed by atoms with E-state index in [-0.39, 0.29) is 5.97 Å². The van der Waals surface area contributed by atoms with Gasteiger partial charge in [-0.1, -0.05) is 173 Å². The highest BCUT2D eigenvalue weighted by atomic mass is 16.5. The summed E-state index contributed by atoms with van der Waals surface area (Å²) in [6.07, 6.45) is 45.1. The Morgan fingerprint density at radius 2 is 0.767 bits per heavy atom. The summed E-state index contributed by atoms with van der Waals surface area (Å²) in [5.41, 5.74) is 0. The number of aliphatic carboxylic acids is 1. The molecule has 0 aromatic carbocycles. The van der Waals surface area contributed by atoms with Crippen LogP contribution in [0, 0.1) is 0 Å². The van der Waals surface area contributed by atoms with E-state index >= 15 is 0 Å². The molecule has 0 radical (unpaired) electrons. The summed E-state index contributed by atoms with van der Waals surface area (Å²) in [5, 5.41) is 8.63. The largest absolute Gasteiger partial charge is 0.481 e. The minimum atomic E-state index is -0.662. The molecule has 1 N–H and O–H groups in total. The van der Waals surface area contributed by atoms with E-state index in [1.807, 2.05) is 0 Å². The molecule has 0 atom stereocenters. The van der Waals surface area contributed by atoms with Crippen LogP contribution in [0.4, 0.5) is 0 Å². The minimum Gasteiger partial charge on any atom is -0.481 e. The molecule has 0 rings (SSSR count). The molecule has 0 aromatic heterocycles. The van der Waals surface area contributed by atoms with Gasteiger partial charge in [0, 0.05) is 12.8 Å². The number of hydrogen-bond donors (Lipinski definition) is 1. The Hall–Kier alpha value is -1.32. The molecule has 0 aromatic rings. The second-order valence-electron chi connectivity index (χ2n) is 13.1. The summed E-state index contributed by atoms with van der Waals surface area (Å²) in [6, 6.07) is 0. The predicted octanol–water partition coefficient (Wildman–Crippen LogP) is 13.1. The Morgan fingerprint density at radius 1 is 0.442 bits per heavy atom. The van der Waals surface area contributed by atoms with Gasteiger partial charge in [0.1, 0.15) is 0 Å². The third-order valence-electron chi connectivity index (χ3n) is 8.69. The zero-order valence-corrected chi connectivity index (χ0v) is 28.9. The van der Waals surface area contributed by atoms with E-state index in [1.54, 1.807) is 0 Å². The van der Waals surface area contributed by atoms with E-state index < -0.39 is 5.97 Å². The average molecular weight is 607 g/mol. The van der Waals surface area contributed by atoms with E-state index in [0.717, 1.165) is 32.1 Å². The maximum Gasteiger partial charge on any atom is 0.305 e. The summed E-state index contributed by atoms with van der Waals surface area (Å²) < 4.78 is 5.44. The number of rotatable bonds is 36. The maximum atomic E-state index is 11.9. The molecule has 43 heavy (non-hydrogen) atoms. The van der Waals surface area contributed by atoms with Crippen LogP contribution >= 0.6 is 0 Å². The molecule has 0 heterocycles. The molecule has 0 aliphatic rings. The fourth-order valence-corrected chi connectivity index (χ4v) is 5.80. The van der Waals surface area contributed by atoms with Gasteiger partial charge < -0.3 is 9.84 Å². The molecule has 0 saturated carbocycles. The SMILES string of the molecule is CCCCCCCC/C=C\CCCCCCCC(=O)OCCCCCCCCCCCCCCCCCCCCC(=O)O. The molecule has 254 valence electrons. The summed E-state index contributed by atoms with van der Waals surface area (Å²) in [5.74, 6) is -0.659. The molecule has 0 saturated heterocycles. The Labute approximate surface area is 268 Å². The van der Waals surface area contributed by atoms with Crippen LogP contribution in [0.2, 0.25) is 0 Å². The molecule has 4 nitrogen and oxygen atoms in total. The second-order valence-corrected chi connectivity index (χ2v) is 13.1. The van der Waals surface area contributed by atoms with Gasteiger partial charge in [0.15, 0.2) is 0 Å². The number of esters is 1. The number of unbranched alkanes of at least 4 members (excludes halogenated alkanes) is 28. The maximum absolute atomic E-state index is 11.9. The zero-order valence-electron chi connectivity index (χ0n) is 28.9. The quantitative estimate of drug-likeness (QED) is 0.0438. The Kier molecular flexibility index (Phi) is 35.7. The van der Waals surface area contributed by atoms with Crippen molar-refractivity contribution in [3.05, 3.63) is 12.2 Å². The van der Waals surface area contributed by atoms with Crippen molar-refractivity contribution in [2.24, 2.45) is 0 Å². The van der Waals surface area contributed by atoms with Gasteiger partial charge in [-0.3, -0.25) is 9.59 Å². The summed E-state index contributed by atoms with van der Waals surface area (Å²) in [7, 11) is 0. The van der Waals surface area contributed by atoms with E-state index in [1.165, 1.54) is 167 Å². The molecule has 4 heteroatoms. The van der Waals surface area contributed by atoms with Crippen LogP contribution in [0.25, 0.3) is 0 Å². The van der Waals surface area contributed by atoms with Crippen molar-refractivity contribution in [1.29, 1.82) is 0 Å². The van der Waals surface area contributed by atoms with Crippen molar-refractivity contribution < 1.29 is 19.4 Å². The van der Waals surface area contributed by atoms with E-state index in [4.69, 9.17) is 9.84 Å². The average Bonchev–Trinajstić information content (AvgIpc) is 2.99. The third kappa shape index (κ3) is 38.7. The van der Waals surface area contributed by atoms with Crippen LogP contribution in [0.3, 0.4) is 0 Å². The van der Waals surface area contributed by atoms with Crippen LogP contribution in [0.5, 0.6) is 0 Å². The molecular weight excluding hydrogens is 532 g/mol. The zero-order chi connectivity index (χ0) is 31.3. The van der Waals surface area contributed by atoms with Crippen molar-refractivity contribution in [3.63, 3.8) is 0 Å². The molecule has 0 aliphatic heterocycles. The Morgan fingerprint density at radius 3 is 1.16 bits per heavy atom. The lowest BCUT2D eigenvalue weighted by Crippen LogP contribution is -2.05. The Bertz CT molecular complexity index is 600. The lowest BCUT2D eigenvalue weighted by atomic mass is 10.0. The molecule has 0 bridgehead atoms. The first-order valence-corrected chi connectivity index (χ1v) is 19.2. The van der Waals surface area contributed by atoms with Crippen LogP contribution in [0.15, 0.2) is 12.2 Å². The van der Waals surface area contributed by atoms with Gasteiger partial charge in [-0.25, -0.2) is 0 Å².